The fourth-order valence-electron chi connectivity index (χ4n) is 1.66. The van der Waals surface area contributed by atoms with Gasteiger partial charge in [-0.25, -0.2) is 19.5 Å². The number of hydrogen-bond donors (Lipinski definition) is 0. The second kappa shape index (κ2) is 3.11. The van der Waals surface area contributed by atoms with Gasteiger partial charge in [0.15, 0.2) is 17.1 Å². The molecule has 0 saturated heterocycles. The lowest BCUT2D eigenvalue weighted by Gasteiger charge is -1.88. The van der Waals surface area contributed by atoms with Gasteiger partial charge in [-0.2, -0.15) is 0 Å². The fourth-order valence-corrected chi connectivity index (χ4v) is 2.38. The van der Waals surface area contributed by atoms with Crippen LogP contribution in [-0.4, -0.2) is 24.6 Å². The van der Waals surface area contributed by atoms with Crippen molar-refractivity contribution in [2.45, 2.75) is 0 Å². The molecule has 0 amide bonds. The maximum Gasteiger partial charge on any atom is 0.218 e. The zero-order valence-electron chi connectivity index (χ0n) is 8.44. The molecule has 0 N–H and O–H groups in total. The third kappa shape index (κ3) is 1.19. The number of rotatable bonds is 1. The maximum absolute atomic E-state index is 5.27. The van der Waals surface area contributed by atoms with Crippen molar-refractivity contribution in [3.05, 3.63) is 30.2 Å². The summed E-state index contributed by atoms with van der Waals surface area (Å²) in [6.07, 6.45) is 3.21. The van der Waals surface area contributed by atoms with Crippen LogP contribution in [0.2, 0.25) is 0 Å². The number of nitrogens with zero attached hydrogens (tertiary/aromatic N) is 5. The van der Waals surface area contributed by atoms with Crippen molar-refractivity contribution < 1.29 is 4.42 Å². The van der Waals surface area contributed by atoms with Crippen LogP contribution in [-0.2, 0) is 0 Å². The van der Waals surface area contributed by atoms with E-state index in [1.54, 1.807) is 22.6 Å². The third-order valence-corrected chi connectivity index (χ3v) is 3.23. The Morgan fingerprint density at radius 2 is 2.29 bits per heavy atom. The molecule has 0 unspecified atom stereocenters. The summed E-state index contributed by atoms with van der Waals surface area (Å²) in [5.41, 5.74) is 3.20. The summed E-state index contributed by atoms with van der Waals surface area (Å²) in [5.74, 6) is 1.20. The van der Waals surface area contributed by atoms with Gasteiger partial charge in [0.2, 0.25) is 5.82 Å². The molecule has 17 heavy (non-hydrogen) atoms. The molecule has 0 aliphatic carbocycles. The minimum Gasteiger partial charge on any atom is -0.461 e. The van der Waals surface area contributed by atoms with Crippen LogP contribution in [0.25, 0.3) is 27.6 Å². The number of hydrogen-bond acceptors (Lipinski definition) is 6. The molecule has 6 nitrogen and oxygen atoms in total. The zero-order valence-corrected chi connectivity index (χ0v) is 9.26. The van der Waals surface area contributed by atoms with Gasteiger partial charge in [-0.15, -0.1) is 16.4 Å². The van der Waals surface area contributed by atoms with E-state index in [0.29, 0.717) is 17.2 Å². The summed E-state index contributed by atoms with van der Waals surface area (Å²) in [7, 11) is 0. The maximum atomic E-state index is 5.27. The zero-order chi connectivity index (χ0) is 11.2. The van der Waals surface area contributed by atoms with Crippen LogP contribution in [0.3, 0.4) is 0 Å². The normalized spacial score (nSPS) is 11.5. The molecule has 4 rings (SSSR count). The lowest BCUT2D eigenvalue weighted by Crippen LogP contribution is -1.89. The second-order valence-electron chi connectivity index (χ2n) is 3.43. The smallest absolute Gasteiger partial charge is 0.218 e. The van der Waals surface area contributed by atoms with Crippen LogP contribution >= 0.6 is 11.3 Å². The molecule has 0 spiro atoms. The van der Waals surface area contributed by atoms with Gasteiger partial charge in [0.25, 0.3) is 0 Å². The van der Waals surface area contributed by atoms with Crippen LogP contribution < -0.4 is 0 Å². The van der Waals surface area contributed by atoms with Crippen LogP contribution in [0.1, 0.15) is 0 Å². The average molecular weight is 243 g/mol. The van der Waals surface area contributed by atoms with Gasteiger partial charge in [-0.3, -0.25) is 0 Å². The topological polar surface area (TPSA) is 69.1 Å². The van der Waals surface area contributed by atoms with Crippen LogP contribution in [0.5, 0.6) is 0 Å². The molecule has 0 aromatic carbocycles. The Morgan fingerprint density at radius 3 is 3.18 bits per heavy atom. The van der Waals surface area contributed by atoms with Crippen LogP contribution in [0.15, 0.2) is 34.7 Å². The van der Waals surface area contributed by atoms with Gasteiger partial charge in [-0.1, -0.05) is 0 Å². The van der Waals surface area contributed by atoms with E-state index in [4.69, 9.17) is 4.42 Å². The molecule has 7 heteroatoms. The fraction of sp³-hybridized carbons (Fsp3) is 0. The average Bonchev–Trinajstić information content (AvgIpc) is 3.08. The van der Waals surface area contributed by atoms with Crippen molar-refractivity contribution in [2.75, 3.05) is 0 Å². The van der Waals surface area contributed by atoms with E-state index in [-0.39, 0.29) is 0 Å². The summed E-state index contributed by atoms with van der Waals surface area (Å²) in [6, 6.07) is 3.63. The van der Waals surface area contributed by atoms with Crippen molar-refractivity contribution >= 4 is 27.3 Å². The molecule has 4 aromatic rings. The van der Waals surface area contributed by atoms with Crippen LogP contribution in [0, 0.1) is 0 Å². The van der Waals surface area contributed by atoms with Crippen molar-refractivity contribution in [2.24, 2.45) is 0 Å². The Balaban J connectivity index is 2.09. The molecule has 4 heterocycles. The SMILES string of the molecule is c1coc(-c2nc3c4scnc4ncn3n2)c1. The summed E-state index contributed by atoms with van der Waals surface area (Å²) < 4.78 is 7.84. The van der Waals surface area contributed by atoms with Gasteiger partial charge >= 0.3 is 0 Å². The predicted molar refractivity (Wildman–Crippen MR) is 61.7 cm³/mol. The molecule has 82 valence electrons. The van der Waals surface area contributed by atoms with Crippen molar-refractivity contribution in [1.82, 2.24) is 24.6 Å². The summed E-state index contributed by atoms with van der Waals surface area (Å²) in [6.45, 7) is 0. The molecule has 0 aliphatic rings. The summed E-state index contributed by atoms with van der Waals surface area (Å²) >= 11 is 1.50. The third-order valence-electron chi connectivity index (χ3n) is 2.41. The van der Waals surface area contributed by atoms with Crippen molar-refractivity contribution in [3.63, 3.8) is 0 Å². The minimum absolute atomic E-state index is 0.553. The molecule has 0 saturated carbocycles. The minimum atomic E-state index is 0.553. The summed E-state index contributed by atoms with van der Waals surface area (Å²) in [4.78, 5) is 12.8. The Labute approximate surface area is 98.6 Å². The Morgan fingerprint density at radius 1 is 1.29 bits per heavy atom. The number of furan rings is 1. The van der Waals surface area contributed by atoms with Gasteiger partial charge in [0, 0.05) is 0 Å². The van der Waals surface area contributed by atoms with Crippen molar-refractivity contribution in [1.29, 1.82) is 0 Å². The monoisotopic (exact) mass is 243 g/mol. The second-order valence-corrected chi connectivity index (χ2v) is 4.29. The highest BCUT2D eigenvalue weighted by molar-refractivity contribution is 7.17. The van der Waals surface area contributed by atoms with E-state index >= 15 is 0 Å². The van der Waals surface area contributed by atoms with Gasteiger partial charge < -0.3 is 4.42 Å². The van der Waals surface area contributed by atoms with Gasteiger partial charge in [0.1, 0.15) is 11.0 Å². The first kappa shape index (κ1) is 8.82. The van der Waals surface area contributed by atoms with E-state index in [0.717, 1.165) is 10.3 Å². The molecule has 0 radical (unpaired) electrons. The van der Waals surface area contributed by atoms with Gasteiger partial charge in [0.05, 0.1) is 11.8 Å². The number of thiazole rings is 1. The highest BCUT2D eigenvalue weighted by atomic mass is 32.1. The summed E-state index contributed by atoms with van der Waals surface area (Å²) in [5, 5.41) is 4.31. The van der Waals surface area contributed by atoms with Gasteiger partial charge in [-0.05, 0) is 12.1 Å². The largest absolute Gasteiger partial charge is 0.461 e. The van der Waals surface area contributed by atoms with E-state index in [1.807, 2.05) is 12.1 Å². The Bertz CT molecular complexity index is 801. The lowest BCUT2D eigenvalue weighted by molar-refractivity contribution is 0.577. The number of fused-ring (bicyclic) bond motifs is 3. The Hall–Kier alpha value is -2.28. The first-order valence-electron chi connectivity index (χ1n) is 4.90. The lowest BCUT2D eigenvalue weighted by atomic mass is 10.4. The molecule has 0 aliphatic heterocycles. The molecular weight excluding hydrogens is 238 g/mol. The first-order chi connectivity index (χ1) is 8.42. The van der Waals surface area contributed by atoms with E-state index in [1.165, 1.54) is 11.3 Å². The molecule has 0 bridgehead atoms. The first-order valence-corrected chi connectivity index (χ1v) is 5.78. The molecular formula is C10H5N5OS. The van der Waals surface area contributed by atoms with E-state index in [2.05, 4.69) is 20.1 Å². The Kier molecular flexibility index (Phi) is 1.61. The van der Waals surface area contributed by atoms with E-state index in [9.17, 15) is 0 Å². The van der Waals surface area contributed by atoms with Crippen LogP contribution in [0.4, 0.5) is 0 Å². The number of aromatic nitrogens is 5. The standard InChI is InChI=1S/C10H5N5OS/c1-2-6(16-3-1)8-13-10-7-9(12-5-17-7)11-4-15(10)14-8/h1-5H. The molecule has 4 aromatic heterocycles. The quantitative estimate of drug-likeness (QED) is 0.511. The van der Waals surface area contributed by atoms with Crippen molar-refractivity contribution in [3.8, 4) is 11.6 Å². The van der Waals surface area contributed by atoms with E-state index < -0.39 is 0 Å². The predicted octanol–water partition coefficient (Wildman–Crippen LogP) is 1.99. The highest BCUT2D eigenvalue weighted by Crippen LogP contribution is 2.23. The molecule has 0 fully saturated rings. The highest BCUT2D eigenvalue weighted by Gasteiger charge is 2.12. The molecule has 0 atom stereocenters.